The van der Waals surface area contributed by atoms with E-state index in [0.717, 1.165) is 31.0 Å². The van der Waals surface area contributed by atoms with Gasteiger partial charge in [-0.25, -0.2) is 0 Å². The fourth-order valence-corrected chi connectivity index (χ4v) is 2.68. The second-order valence-corrected chi connectivity index (χ2v) is 4.36. The Hall–Kier alpha value is -2.62. The third-order valence-electron chi connectivity index (χ3n) is 3.42. The summed E-state index contributed by atoms with van der Waals surface area (Å²) in [4.78, 5) is 0. The molecule has 2 aromatic carbocycles. The second-order valence-electron chi connectivity index (χ2n) is 4.36. The van der Waals surface area contributed by atoms with Gasteiger partial charge in [0, 0.05) is 16.2 Å². The Morgan fingerprint density at radius 2 is 1.22 bits per heavy atom. The van der Waals surface area contributed by atoms with Gasteiger partial charge in [-0.3, -0.25) is 0 Å². The van der Waals surface area contributed by atoms with Gasteiger partial charge < -0.3 is 19.9 Å². The summed E-state index contributed by atoms with van der Waals surface area (Å²) in [7, 11) is 0. The van der Waals surface area contributed by atoms with Crippen molar-refractivity contribution in [3.63, 3.8) is 0 Å². The number of benzene rings is 1. The van der Waals surface area contributed by atoms with Crippen molar-refractivity contribution in [1.29, 1.82) is 0 Å². The fourth-order valence-electron chi connectivity index (χ4n) is 2.68. The van der Waals surface area contributed by atoms with Gasteiger partial charge in [-0.1, -0.05) is 24.3 Å². The topological polar surface area (TPSA) is 56.0 Å². The molecule has 0 aliphatic rings. The van der Waals surface area contributed by atoms with E-state index in [0.29, 0.717) is 11.0 Å². The van der Waals surface area contributed by atoms with Gasteiger partial charge in [-0.05, 0) is 29.9 Å². The van der Waals surface area contributed by atoms with Crippen molar-refractivity contribution >= 4 is 32.6 Å². The predicted molar refractivity (Wildman–Crippen MR) is 72.5 cm³/mol. The lowest BCUT2D eigenvalue weighted by Crippen LogP contribution is -1.92. The number of rotatable bonds is 0. The largest absolute Gasteiger partial charge is 0.806 e. The highest BCUT2D eigenvalue weighted by atomic mass is 16.5. The molecular weight excluding hydrogens is 228 g/mol. The Bertz CT molecular complexity index is 832. The van der Waals surface area contributed by atoms with E-state index in [1.54, 1.807) is 12.1 Å². The summed E-state index contributed by atoms with van der Waals surface area (Å²) in [5.41, 5.74) is 1.15. The molecule has 0 fully saturated rings. The van der Waals surface area contributed by atoms with Crippen molar-refractivity contribution in [2.75, 3.05) is 0 Å². The molecule has 0 amide bonds. The Labute approximate surface area is 102 Å². The minimum absolute atomic E-state index is 0.573. The maximum atomic E-state index is 12.0. The van der Waals surface area contributed by atoms with Gasteiger partial charge in [0.05, 0.1) is 11.0 Å². The van der Waals surface area contributed by atoms with Crippen LogP contribution in [-0.4, -0.2) is 9.46 Å². The lowest BCUT2D eigenvalue weighted by Gasteiger charge is -2.17. The van der Waals surface area contributed by atoms with Gasteiger partial charge in [0.25, 0.3) is 0 Å². The molecule has 4 nitrogen and oxygen atoms in total. The first kappa shape index (κ1) is 9.41. The van der Waals surface area contributed by atoms with Crippen molar-refractivity contribution in [1.82, 2.24) is 9.46 Å². The van der Waals surface area contributed by atoms with Crippen LogP contribution in [0.1, 0.15) is 0 Å². The number of hydrogen-bond acceptors (Lipinski definition) is 2. The molecule has 2 aromatic heterocycles. The molecule has 0 radical (unpaired) electrons. The zero-order chi connectivity index (χ0) is 12.3. The van der Waals surface area contributed by atoms with Crippen molar-refractivity contribution in [3.8, 4) is 0 Å². The Morgan fingerprint density at radius 1 is 0.722 bits per heavy atom. The van der Waals surface area contributed by atoms with Crippen molar-refractivity contribution < 1.29 is 0 Å². The molecule has 0 N–H and O–H groups in total. The molecule has 0 unspecified atom stereocenters. The highest BCUT2D eigenvalue weighted by Gasteiger charge is 2.12. The number of pyridine rings is 2. The van der Waals surface area contributed by atoms with Gasteiger partial charge in [0.1, 0.15) is 0 Å². The molecule has 0 bridgehead atoms. The monoisotopic (exact) mass is 236 g/mol. The summed E-state index contributed by atoms with van der Waals surface area (Å²) < 4.78 is 1.66. The molecule has 0 atom stereocenters. The van der Waals surface area contributed by atoms with E-state index < -0.39 is 0 Å². The number of fused-ring (bicyclic) bond motifs is 3. The normalized spacial score (nSPS) is 11.8. The molecule has 4 rings (SSSR count). The molecule has 2 heterocycles. The Balaban J connectivity index is 2.52. The van der Waals surface area contributed by atoms with Crippen LogP contribution >= 0.6 is 0 Å². The molecule has 88 valence electrons. The SMILES string of the molecule is [O-]n1ccc2ccn([O-])c3c4ccccc4c1c23. The molecular formula is C14H8N2O2-2. The van der Waals surface area contributed by atoms with Gasteiger partial charge in [0.15, 0.2) is 0 Å². The summed E-state index contributed by atoms with van der Waals surface area (Å²) in [5, 5.41) is 27.3. The number of aromatic nitrogens is 2. The highest BCUT2D eigenvalue weighted by molar-refractivity contribution is 6.27. The summed E-state index contributed by atoms with van der Waals surface area (Å²) in [6.07, 6.45) is 2.97. The summed E-state index contributed by atoms with van der Waals surface area (Å²) in [6, 6.07) is 11.0. The van der Waals surface area contributed by atoms with E-state index in [1.807, 2.05) is 24.3 Å². The molecule has 0 aliphatic carbocycles. The lowest BCUT2D eigenvalue weighted by atomic mass is 10.2. The molecule has 18 heavy (non-hydrogen) atoms. The first-order valence-electron chi connectivity index (χ1n) is 5.65. The van der Waals surface area contributed by atoms with Crippen LogP contribution in [-0.2, 0) is 0 Å². The minimum Gasteiger partial charge on any atom is -0.806 e. The molecule has 4 heteroatoms. The quantitative estimate of drug-likeness (QED) is 0.469. The standard InChI is InChI=1S/C14H8N2O2/c17-15-7-5-9-6-8-16(18)14-11-4-2-1-3-10(11)13(15)12(9)14/h1-8H/q-2. The van der Waals surface area contributed by atoms with Crippen LogP contribution < -0.4 is 0 Å². The van der Waals surface area contributed by atoms with Crippen molar-refractivity contribution in [3.05, 3.63) is 59.2 Å². The maximum Gasteiger partial charge on any atom is 0.0540 e. The first-order valence-corrected chi connectivity index (χ1v) is 5.65. The van der Waals surface area contributed by atoms with E-state index in [2.05, 4.69) is 0 Å². The third-order valence-corrected chi connectivity index (χ3v) is 3.42. The van der Waals surface area contributed by atoms with Crippen LogP contribution in [0.15, 0.2) is 48.8 Å². The van der Waals surface area contributed by atoms with Crippen LogP contribution in [0.5, 0.6) is 0 Å². The van der Waals surface area contributed by atoms with Gasteiger partial charge in [-0.15, -0.1) is 0 Å². The molecule has 0 spiro atoms. The smallest absolute Gasteiger partial charge is 0.0540 e. The average molecular weight is 236 g/mol. The van der Waals surface area contributed by atoms with E-state index in [-0.39, 0.29) is 0 Å². The maximum absolute atomic E-state index is 12.0. The Kier molecular flexibility index (Phi) is 1.56. The minimum atomic E-state index is 0.573. The van der Waals surface area contributed by atoms with Crippen LogP contribution in [0, 0.1) is 10.4 Å². The summed E-state index contributed by atoms with van der Waals surface area (Å²) in [5.74, 6) is 0. The van der Waals surface area contributed by atoms with Gasteiger partial charge in [0.2, 0.25) is 0 Å². The first-order chi connectivity index (χ1) is 8.77. The average Bonchev–Trinajstić information content (AvgIpc) is 2.74. The summed E-state index contributed by atoms with van der Waals surface area (Å²) in [6.45, 7) is 0. The summed E-state index contributed by atoms with van der Waals surface area (Å²) >= 11 is 0. The van der Waals surface area contributed by atoms with Crippen LogP contribution in [0.3, 0.4) is 0 Å². The van der Waals surface area contributed by atoms with Crippen LogP contribution in [0.2, 0.25) is 0 Å². The third kappa shape index (κ3) is 0.953. The molecule has 0 saturated carbocycles. The van der Waals surface area contributed by atoms with Crippen molar-refractivity contribution in [2.45, 2.75) is 0 Å². The van der Waals surface area contributed by atoms with Crippen LogP contribution in [0.4, 0.5) is 0 Å². The highest BCUT2D eigenvalue weighted by Crippen LogP contribution is 2.37. The zero-order valence-corrected chi connectivity index (χ0v) is 9.33. The number of hydrogen-bond donors (Lipinski definition) is 0. The predicted octanol–water partition coefficient (Wildman–Crippen LogP) is 3.44. The van der Waals surface area contributed by atoms with Crippen molar-refractivity contribution in [2.24, 2.45) is 0 Å². The Morgan fingerprint density at radius 3 is 1.72 bits per heavy atom. The molecule has 0 aliphatic heterocycles. The van der Waals surface area contributed by atoms with Gasteiger partial charge >= 0.3 is 0 Å². The fraction of sp³-hybridized carbons (Fsp3) is 0. The van der Waals surface area contributed by atoms with Gasteiger partial charge in [-0.2, -0.15) is 0 Å². The molecule has 0 saturated heterocycles. The number of nitrogens with zero attached hydrogens (tertiary/aromatic N) is 2. The lowest BCUT2D eigenvalue weighted by molar-refractivity contribution is 1.13. The van der Waals surface area contributed by atoms with Crippen LogP contribution in [0.25, 0.3) is 32.6 Å². The second kappa shape index (κ2) is 2.98. The zero-order valence-electron chi connectivity index (χ0n) is 9.33. The van der Waals surface area contributed by atoms with E-state index in [9.17, 15) is 10.4 Å². The molecule has 4 aromatic rings. The van der Waals surface area contributed by atoms with E-state index in [4.69, 9.17) is 0 Å². The van der Waals surface area contributed by atoms with E-state index >= 15 is 0 Å². The van der Waals surface area contributed by atoms with E-state index in [1.165, 1.54) is 12.4 Å².